The van der Waals surface area contributed by atoms with Crippen LogP contribution < -0.4 is 4.74 Å². The lowest BCUT2D eigenvalue weighted by atomic mass is 9.90. The van der Waals surface area contributed by atoms with Crippen molar-refractivity contribution < 1.29 is 4.74 Å². The summed E-state index contributed by atoms with van der Waals surface area (Å²) >= 11 is 5.85. The molecule has 2 aromatic rings. The topological polar surface area (TPSA) is 63.7 Å². The second-order valence-electron chi connectivity index (χ2n) is 4.75. The van der Waals surface area contributed by atoms with Gasteiger partial charge in [0.1, 0.15) is 5.39 Å². The van der Waals surface area contributed by atoms with Crippen molar-refractivity contribution in [3.63, 3.8) is 0 Å². The van der Waals surface area contributed by atoms with Crippen LogP contribution in [-0.2, 0) is 0 Å². The Morgan fingerprint density at radius 3 is 2.94 bits per heavy atom. The molecule has 0 aromatic carbocycles. The Hall–Kier alpha value is -1.36. The second kappa shape index (κ2) is 5.10. The summed E-state index contributed by atoms with van der Waals surface area (Å²) in [7, 11) is 0. The smallest absolute Gasteiger partial charge is 0.229 e. The molecule has 6 heteroatoms. The minimum absolute atomic E-state index is 0.186. The summed E-state index contributed by atoms with van der Waals surface area (Å²) in [5.41, 5.74) is 0.619. The number of rotatable bonds is 3. The molecule has 96 valence electrons. The molecular formula is C12H15ClN4O. The average molecular weight is 267 g/mol. The SMILES string of the molecule is Clc1nc(OCC2CCCCC2)c2cn[nH]c2n1. The van der Waals surface area contributed by atoms with Crippen molar-refractivity contribution in [2.75, 3.05) is 6.61 Å². The Morgan fingerprint density at radius 2 is 2.11 bits per heavy atom. The van der Waals surface area contributed by atoms with Crippen molar-refractivity contribution in [3.8, 4) is 5.88 Å². The number of nitrogens with zero attached hydrogens (tertiary/aromatic N) is 3. The zero-order chi connectivity index (χ0) is 12.4. The Bertz CT molecular complexity index is 536. The van der Waals surface area contributed by atoms with Crippen molar-refractivity contribution in [1.82, 2.24) is 20.2 Å². The molecule has 0 unspecified atom stereocenters. The van der Waals surface area contributed by atoms with Gasteiger partial charge in [-0.3, -0.25) is 5.10 Å². The number of H-pyrrole nitrogens is 1. The Labute approximate surface area is 110 Å². The van der Waals surface area contributed by atoms with Crippen molar-refractivity contribution in [2.45, 2.75) is 32.1 Å². The summed E-state index contributed by atoms with van der Waals surface area (Å²) in [6.45, 7) is 0.702. The van der Waals surface area contributed by atoms with Gasteiger partial charge in [0.25, 0.3) is 0 Å². The Morgan fingerprint density at radius 1 is 1.28 bits per heavy atom. The number of halogens is 1. The zero-order valence-corrected chi connectivity index (χ0v) is 10.8. The molecule has 1 aliphatic rings. The quantitative estimate of drug-likeness (QED) is 0.868. The van der Waals surface area contributed by atoms with Crippen LogP contribution in [0.2, 0.25) is 5.28 Å². The molecule has 0 spiro atoms. The fourth-order valence-corrected chi connectivity index (χ4v) is 2.60. The summed E-state index contributed by atoms with van der Waals surface area (Å²) in [4.78, 5) is 8.18. The van der Waals surface area contributed by atoms with Crippen LogP contribution in [0, 0.1) is 5.92 Å². The van der Waals surface area contributed by atoms with Crippen LogP contribution in [0.5, 0.6) is 5.88 Å². The molecule has 0 amide bonds. The second-order valence-corrected chi connectivity index (χ2v) is 5.08. The van der Waals surface area contributed by atoms with E-state index in [1.165, 1.54) is 32.1 Å². The van der Waals surface area contributed by atoms with E-state index in [0.717, 1.165) is 5.39 Å². The minimum atomic E-state index is 0.186. The van der Waals surface area contributed by atoms with E-state index in [0.29, 0.717) is 24.1 Å². The van der Waals surface area contributed by atoms with Crippen LogP contribution in [0.15, 0.2) is 6.20 Å². The molecule has 18 heavy (non-hydrogen) atoms. The first-order valence-electron chi connectivity index (χ1n) is 6.32. The van der Waals surface area contributed by atoms with Gasteiger partial charge in [0.05, 0.1) is 12.8 Å². The number of fused-ring (bicyclic) bond motifs is 1. The van der Waals surface area contributed by atoms with E-state index in [1.807, 2.05) is 0 Å². The first kappa shape index (κ1) is 11.7. The standard InChI is InChI=1S/C12H15ClN4O/c13-12-15-10-9(6-14-17-10)11(16-12)18-7-8-4-2-1-3-5-8/h6,8H,1-5,7H2,(H,14,15,16,17). The van der Waals surface area contributed by atoms with E-state index in [9.17, 15) is 0 Å². The number of ether oxygens (including phenoxy) is 1. The minimum Gasteiger partial charge on any atom is -0.477 e. The van der Waals surface area contributed by atoms with E-state index in [2.05, 4.69) is 20.2 Å². The van der Waals surface area contributed by atoms with Gasteiger partial charge in [-0.1, -0.05) is 19.3 Å². The van der Waals surface area contributed by atoms with Gasteiger partial charge in [0.15, 0.2) is 5.65 Å². The molecule has 0 radical (unpaired) electrons. The molecule has 1 saturated carbocycles. The number of hydrogen-bond donors (Lipinski definition) is 1. The van der Waals surface area contributed by atoms with Crippen molar-refractivity contribution in [3.05, 3.63) is 11.5 Å². The van der Waals surface area contributed by atoms with Gasteiger partial charge in [0, 0.05) is 0 Å². The fourth-order valence-electron chi connectivity index (χ4n) is 2.44. The van der Waals surface area contributed by atoms with E-state index in [-0.39, 0.29) is 5.28 Å². The molecule has 2 aromatic heterocycles. The number of nitrogens with one attached hydrogen (secondary N) is 1. The molecule has 5 nitrogen and oxygen atoms in total. The van der Waals surface area contributed by atoms with E-state index in [1.54, 1.807) is 6.20 Å². The summed E-state index contributed by atoms with van der Waals surface area (Å²) in [5, 5.41) is 7.68. The van der Waals surface area contributed by atoms with Gasteiger partial charge in [-0.05, 0) is 30.4 Å². The molecule has 1 aliphatic carbocycles. The van der Waals surface area contributed by atoms with Crippen LogP contribution in [-0.4, -0.2) is 26.8 Å². The highest BCUT2D eigenvalue weighted by Crippen LogP contribution is 2.26. The molecule has 0 atom stereocenters. The molecule has 0 aliphatic heterocycles. The molecule has 1 fully saturated rings. The third-order valence-corrected chi connectivity index (χ3v) is 3.60. The predicted molar refractivity (Wildman–Crippen MR) is 68.8 cm³/mol. The van der Waals surface area contributed by atoms with Crippen molar-refractivity contribution in [1.29, 1.82) is 0 Å². The van der Waals surface area contributed by atoms with E-state index >= 15 is 0 Å². The van der Waals surface area contributed by atoms with Gasteiger partial charge >= 0.3 is 0 Å². The molecule has 2 heterocycles. The van der Waals surface area contributed by atoms with Crippen LogP contribution in [0.1, 0.15) is 32.1 Å². The predicted octanol–water partition coefficient (Wildman–Crippen LogP) is 2.97. The lowest BCUT2D eigenvalue weighted by Crippen LogP contribution is -2.15. The third-order valence-electron chi connectivity index (χ3n) is 3.43. The van der Waals surface area contributed by atoms with Gasteiger partial charge in [-0.15, -0.1) is 0 Å². The molecular weight excluding hydrogens is 252 g/mol. The van der Waals surface area contributed by atoms with Crippen molar-refractivity contribution >= 4 is 22.6 Å². The largest absolute Gasteiger partial charge is 0.477 e. The fraction of sp³-hybridized carbons (Fsp3) is 0.583. The maximum atomic E-state index is 5.85. The lowest BCUT2D eigenvalue weighted by Gasteiger charge is -2.21. The molecule has 3 rings (SSSR count). The van der Waals surface area contributed by atoms with Gasteiger partial charge in [-0.25, -0.2) is 0 Å². The highest BCUT2D eigenvalue weighted by molar-refractivity contribution is 6.28. The highest BCUT2D eigenvalue weighted by Gasteiger charge is 2.16. The normalized spacial score (nSPS) is 17.2. The van der Waals surface area contributed by atoms with Crippen LogP contribution in [0.25, 0.3) is 11.0 Å². The first-order valence-corrected chi connectivity index (χ1v) is 6.70. The number of hydrogen-bond acceptors (Lipinski definition) is 4. The van der Waals surface area contributed by atoms with E-state index < -0.39 is 0 Å². The summed E-state index contributed by atoms with van der Waals surface area (Å²) in [5.74, 6) is 1.17. The lowest BCUT2D eigenvalue weighted by molar-refractivity contribution is 0.205. The van der Waals surface area contributed by atoms with Crippen LogP contribution >= 0.6 is 11.6 Å². The highest BCUT2D eigenvalue weighted by atomic mass is 35.5. The van der Waals surface area contributed by atoms with E-state index in [4.69, 9.17) is 16.3 Å². The summed E-state index contributed by atoms with van der Waals surface area (Å²) < 4.78 is 5.80. The van der Waals surface area contributed by atoms with Crippen LogP contribution in [0.3, 0.4) is 0 Å². The third kappa shape index (κ3) is 2.41. The molecule has 1 N–H and O–H groups in total. The monoisotopic (exact) mass is 266 g/mol. The Balaban J connectivity index is 1.75. The van der Waals surface area contributed by atoms with Gasteiger partial charge in [0.2, 0.25) is 11.2 Å². The summed E-state index contributed by atoms with van der Waals surface area (Å²) in [6.07, 6.45) is 8.11. The molecule has 0 saturated heterocycles. The van der Waals surface area contributed by atoms with Gasteiger partial charge < -0.3 is 4.74 Å². The maximum absolute atomic E-state index is 5.85. The van der Waals surface area contributed by atoms with Gasteiger partial charge in [-0.2, -0.15) is 15.1 Å². The first-order chi connectivity index (χ1) is 8.83. The maximum Gasteiger partial charge on any atom is 0.229 e. The van der Waals surface area contributed by atoms with Crippen LogP contribution in [0.4, 0.5) is 0 Å². The summed E-state index contributed by atoms with van der Waals surface area (Å²) in [6, 6.07) is 0. The Kier molecular flexibility index (Phi) is 3.32. The zero-order valence-electron chi connectivity index (χ0n) is 10.0. The van der Waals surface area contributed by atoms with Crippen molar-refractivity contribution in [2.24, 2.45) is 5.92 Å². The average Bonchev–Trinajstić information content (AvgIpc) is 2.85. The number of aromatic amines is 1. The molecule has 0 bridgehead atoms. The number of aromatic nitrogens is 4.